The highest BCUT2D eigenvalue weighted by Gasteiger charge is 2.50. The first-order chi connectivity index (χ1) is 11.7. The zero-order valence-electron chi connectivity index (χ0n) is 19.5. The molecule has 0 aromatic heterocycles. The van der Waals surface area contributed by atoms with Crippen LogP contribution in [0.2, 0.25) is 0 Å². The van der Waals surface area contributed by atoms with E-state index in [4.69, 9.17) is 0 Å². The van der Waals surface area contributed by atoms with Crippen LogP contribution in [0.5, 0.6) is 0 Å². The van der Waals surface area contributed by atoms with Crippen molar-refractivity contribution in [1.29, 1.82) is 0 Å². The van der Waals surface area contributed by atoms with Crippen molar-refractivity contribution in [3.05, 3.63) is 22.8 Å². The third-order valence-corrected chi connectivity index (χ3v) is 7.22. The summed E-state index contributed by atoms with van der Waals surface area (Å²) in [7, 11) is 0. The van der Waals surface area contributed by atoms with E-state index in [0.29, 0.717) is 16.7 Å². The maximum absolute atomic E-state index is 2.57. The molecule has 0 saturated heterocycles. The predicted molar refractivity (Wildman–Crippen MR) is 117 cm³/mol. The van der Waals surface area contributed by atoms with Gasteiger partial charge in [-0.2, -0.15) is 0 Å². The summed E-state index contributed by atoms with van der Waals surface area (Å²) in [6.07, 6.45) is 10.8. The van der Waals surface area contributed by atoms with E-state index in [9.17, 15) is 0 Å². The van der Waals surface area contributed by atoms with Gasteiger partial charge < -0.3 is 0 Å². The molecule has 0 aromatic rings. The summed E-state index contributed by atoms with van der Waals surface area (Å²) in [5, 5.41) is 0. The van der Waals surface area contributed by atoms with Crippen molar-refractivity contribution in [2.45, 2.75) is 115 Å². The van der Waals surface area contributed by atoms with Crippen LogP contribution in [0.1, 0.15) is 115 Å². The highest BCUT2D eigenvalue weighted by molar-refractivity contribution is 5.35. The van der Waals surface area contributed by atoms with Crippen LogP contribution in [0.4, 0.5) is 0 Å². The summed E-state index contributed by atoms with van der Waals surface area (Å²) < 4.78 is 0. The minimum atomic E-state index is 0.449. The molecule has 0 aliphatic heterocycles. The van der Waals surface area contributed by atoms with E-state index in [2.05, 4.69) is 54.5 Å². The lowest BCUT2D eigenvalue weighted by molar-refractivity contribution is -0.00265. The number of rotatable bonds is 3. The first-order valence-corrected chi connectivity index (χ1v) is 11.1. The Morgan fingerprint density at radius 2 is 1.68 bits per heavy atom. The zero-order valence-corrected chi connectivity index (χ0v) is 19.5. The molecule has 0 heteroatoms. The molecular weight excluding hydrogens is 300 g/mol. The molecule has 0 aromatic carbocycles. The average Bonchev–Trinajstić information content (AvgIpc) is 2.62. The standard InChI is InChI=1S/C21H36.2C2H6/c1-8-20(6)12-9-13-21(7)17(5)18(10-11-19(20)21)14-16(4)15(2)3;2*1-2/h14-15,19H,8-13H2,1-7H3;2*1-2H3/b16-14+;;. The molecule has 0 nitrogen and oxygen atoms in total. The summed E-state index contributed by atoms with van der Waals surface area (Å²) in [6.45, 7) is 24.9. The average molecular weight is 349 g/mol. The van der Waals surface area contributed by atoms with Gasteiger partial charge in [0.15, 0.2) is 0 Å². The van der Waals surface area contributed by atoms with Crippen LogP contribution in [-0.2, 0) is 0 Å². The van der Waals surface area contributed by atoms with E-state index in [1.807, 2.05) is 27.7 Å². The second kappa shape index (κ2) is 10.6. The van der Waals surface area contributed by atoms with Crippen molar-refractivity contribution in [3.8, 4) is 0 Å². The Hall–Kier alpha value is -0.520. The second-order valence-corrected chi connectivity index (χ2v) is 8.56. The molecular formula is C25H48. The Morgan fingerprint density at radius 1 is 1.12 bits per heavy atom. The first-order valence-electron chi connectivity index (χ1n) is 11.1. The number of hydrogen-bond acceptors (Lipinski definition) is 0. The van der Waals surface area contributed by atoms with Crippen molar-refractivity contribution in [2.75, 3.05) is 0 Å². The second-order valence-electron chi connectivity index (χ2n) is 8.56. The van der Waals surface area contributed by atoms with Crippen molar-refractivity contribution < 1.29 is 0 Å². The molecule has 3 atom stereocenters. The van der Waals surface area contributed by atoms with Gasteiger partial charge in [0, 0.05) is 0 Å². The zero-order chi connectivity index (χ0) is 19.8. The first kappa shape index (κ1) is 24.5. The molecule has 0 spiro atoms. The van der Waals surface area contributed by atoms with Crippen LogP contribution < -0.4 is 0 Å². The smallest absolute Gasteiger partial charge is 0.00798 e. The summed E-state index contributed by atoms with van der Waals surface area (Å²) in [4.78, 5) is 0. The van der Waals surface area contributed by atoms with Crippen LogP contribution in [-0.4, -0.2) is 0 Å². The van der Waals surface area contributed by atoms with Gasteiger partial charge in [0.25, 0.3) is 0 Å². The number of allylic oxidation sites excluding steroid dienone is 4. The van der Waals surface area contributed by atoms with Gasteiger partial charge >= 0.3 is 0 Å². The molecule has 25 heavy (non-hydrogen) atoms. The van der Waals surface area contributed by atoms with Gasteiger partial charge in [0.2, 0.25) is 0 Å². The van der Waals surface area contributed by atoms with E-state index < -0.39 is 0 Å². The van der Waals surface area contributed by atoms with Crippen molar-refractivity contribution in [2.24, 2.45) is 22.7 Å². The van der Waals surface area contributed by atoms with E-state index in [0.717, 1.165) is 5.92 Å². The molecule has 0 amide bonds. The maximum Gasteiger partial charge on any atom is -0.00798 e. The molecule has 0 bridgehead atoms. The number of fused-ring (bicyclic) bond motifs is 1. The largest absolute Gasteiger partial charge is 0.0705 e. The van der Waals surface area contributed by atoms with Gasteiger partial charge in [-0.3, -0.25) is 0 Å². The molecule has 0 N–H and O–H groups in total. The van der Waals surface area contributed by atoms with Crippen molar-refractivity contribution in [1.82, 2.24) is 0 Å². The lowest BCUT2D eigenvalue weighted by Crippen LogP contribution is -2.46. The normalized spacial score (nSPS) is 32.3. The van der Waals surface area contributed by atoms with Crippen LogP contribution in [0.25, 0.3) is 0 Å². The molecule has 1 fully saturated rings. The minimum Gasteiger partial charge on any atom is -0.0705 e. The Morgan fingerprint density at radius 3 is 2.16 bits per heavy atom. The SMILES string of the molecule is CC.CC.CCC1(C)CCCC2(C)C(C)=C(/C=C(\C)C(C)C)CCC12. The fourth-order valence-corrected chi connectivity index (χ4v) is 4.99. The van der Waals surface area contributed by atoms with Crippen LogP contribution in [0.3, 0.4) is 0 Å². The molecule has 0 heterocycles. The molecule has 1 saturated carbocycles. The molecule has 2 aliphatic carbocycles. The Balaban J connectivity index is 0.00000134. The Labute approximate surface area is 160 Å². The van der Waals surface area contributed by atoms with Crippen LogP contribution >= 0.6 is 0 Å². The van der Waals surface area contributed by atoms with Crippen molar-refractivity contribution in [3.63, 3.8) is 0 Å². The minimum absolute atomic E-state index is 0.449. The third-order valence-electron chi connectivity index (χ3n) is 7.22. The molecule has 0 radical (unpaired) electrons. The van der Waals surface area contributed by atoms with Gasteiger partial charge in [-0.05, 0) is 67.8 Å². The predicted octanol–water partition coefficient (Wildman–Crippen LogP) is 8.97. The Kier molecular flexibility index (Phi) is 10.4. The van der Waals surface area contributed by atoms with Crippen LogP contribution in [0.15, 0.2) is 22.8 Å². The lowest BCUT2D eigenvalue weighted by Gasteiger charge is -2.55. The number of hydrogen-bond donors (Lipinski definition) is 0. The molecule has 2 rings (SSSR count). The van der Waals surface area contributed by atoms with E-state index in [1.165, 1.54) is 38.5 Å². The fourth-order valence-electron chi connectivity index (χ4n) is 4.99. The quantitative estimate of drug-likeness (QED) is 0.477. The summed E-state index contributed by atoms with van der Waals surface area (Å²) in [6, 6.07) is 0. The molecule has 148 valence electrons. The highest BCUT2D eigenvalue weighted by Crippen LogP contribution is 2.60. The van der Waals surface area contributed by atoms with Gasteiger partial charge in [0.05, 0.1) is 0 Å². The Bertz CT molecular complexity index is 451. The lowest BCUT2D eigenvalue weighted by atomic mass is 9.49. The maximum atomic E-state index is 2.57. The van der Waals surface area contributed by atoms with E-state index in [1.54, 1.807) is 16.7 Å². The van der Waals surface area contributed by atoms with E-state index in [-0.39, 0.29) is 0 Å². The molecule has 3 unspecified atom stereocenters. The van der Waals surface area contributed by atoms with Crippen LogP contribution in [0, 0.1) is 22.7 Å². The monoisotopic (exact) mass is 348 g/mol. The fraction of sp³-hybridized carbons (Fsp3) is 0.840. The summed E-state index contributed by atoms with van der Waals surface area (Å²) in [5.74, 6) is 1.56. The van der Waals surface area contributed by atoms with Gasteiger partial charge in [-0.15, -0.1) is 0 Å². The third kappa shape index (κ3) is 5.24. The topological polar surface area (TPSA) is 0 Å². The van der Waals surface area contributed by atoms with E-state index >= 15 is 0 Å². The van der Waals surface area contributed by atoms with Gasteiger partial charge in [0.1, 0.15) is 0 Å². The molecule has 2 aliphatic rings. The summed E-state index contributed by atoms with van der Waals surface area (Å²) in [5.41, 5.74) is 5.92. The van der Waals surface area contributed by atoms with Gasteiger partial charge in [-0.1, -0.05) is 92.4 Å². The van der Waals surface area contributed by atoms with Crippen molar-refractivity contribution >= 4 is 0 Å². The summed E-state index contributed by atoms with van der Waals surface area (Å²) >= 11 is 0. The highest BCUT2D eigenvalue weighted by atomic mass is 14.5. The van der Waals surface area contributed by atoms with Gasteiger partial charge in [-0.25, -0.2) is 0 Å².